The van der Waals surface area contributed by atoms with E-state index < -0.39 is 11.7 Å². The molecule has 0 radical (unpaired) electrons. The summed E-state index contributed by atoms with van der Waals surface area (Å²) >= 11 is 0. The van der Waals surface area contributed by atoms with Crippen molar-refractivity contribution in [2.45, 2.75) is 13.8 Å². The van der Waals surface area contributed by atoms with Gasteiger partial charge in [-0.1, -0.05) is 30.3 Å². The molecule has 1 aromatic heterocycles. The fourth-order valence-electron chi connectivity index (χ4n) is 3.02. The van der Waals surface area contributed by atoms with Crippen LogP contribution in [0.5, 0.6) is 0 Å². The standard InChI is InChI=1S/C22H18FN3O/c1-13-6-7-15(10-14(13)2)16-8-9-19-20(12-16)25-26-21(19)24-22(27)17-4-3-5-18(23)11-17/h3-12H,1-2H3,(H2,24,25,26,27). The third kappa shape index (κ3) is 3.31. The van der Waals surface area contributed by atoms with Crippen LogP contribution < -0.4 is 5.32 Å². The Hall–Kier alpha value is -3.47. The Morgan fingerprint density at radius 3 is 2.52 bits per heavy atom. The third-order valence-corrected chi connectivity index (χ3v) is 4.72. The van der Waals surface area contributed by atoms with Gasteiger partial charge in [-0.2, -0.15) is 5.10 Å². The molecule has 4 nitrogen and oxygen atoms in total. The topological polar surface area (TPSA) is 57.8 Å². The van der Waals surface area contributed by atoms with Gasteiger partial charge in [-0.05, 0) is 66.4 Å². The maximum atomic E-state index is 13.3. The molecule has 5 heteroatoms. The smallest absolute Gasteiger partial charge is 0.256 e. The van der Waals surface area contributed by atoms with Gasteiger partial charge in [-0.15, -0.1) is 0 Å². The molecule has 0 bridgehead atoms. The van der Waals surface area contributed by atoms with E-state index in [1.807, 2.05) is 18.2 Å². The highest BCUT2D eigenvalue weighted by Gasteiger charge is 2.12. The number of anilines is 1. The molecule has 0 unspecified atom stereocenters. The fourth-order valence-corrected chi connectivity index (χ4v) is 3.02. The first-order valence-corrected chi connectivity index (χ1v) is 8.64. The highest BCUT2D eigenvalue weighted by Crippen LogP contribution is 2.28. The van der Waals surface area contributed by atoms with E-state index >= 15 is 0 Å². The first-order valence-electron chi connectivity index (χ1n) is 8.64. The molecule has 0 atom stereocenters. The minimum atomic E-state index is -0.451. The molecule has 0 aliphatic heterocycles. The Morgan fingerprint density at radius 2 is 1.74 bits per heavy atom. The molecule has 1 heterocycles. The number of carbonyl (C=O) groups is 1. The molecule has 3 aromatic carbocycles. The fraction of sp³-hybridized carbons (Fsp3) is 0.0909. The molecule has 0 saturated heterocycles. The van der Waals surface area contributed by atoms with E-state index in [-0.39, 0.29) is 5.56 Å². The van der Waals surface area contributed by atoms with Crippen molar-refractivity contribution in [2.75, 3.05) is 5.32 Å². The number of amides is 1. The molecule has 0 saturated carbocycles. The van der Waals surface area contributed by atoms with Crippen molar-refractivity contribution >= 4 is 22.6 Å². The lowest BCUT2D eigenvalue weighted by molar-refractivity contribution is 0.102. The first kappa shape index (κ1) is 17.0. The molecule has 0 aliphatic carbocycles. The molecule has 2 N–H and O–H groups in total. The summed E-state index contributed by atoms with van der Waals surface area (Å²) in [6.07, 6.45) is 0. The second kappa shape index (κ2) is 6.68. The second-order valence-electron chi connectivity index (χ2n) is 6.60. The summed E-state index contributed by atoms with van der Waals surface area (Å²) in [4.78, 5) is 12.3. The number of halogens is 1. The predicted molar refractivity (Wildman–Crippen MR) is 105 cm³/mol. The van der Waals surface area contributed by atoms with Crippen LogP contribution in [0.1, 0.15) is 21.5 Å². The third-order valence-electron chi connectivity index (χ3n) is 4.72. The summed E-state index contributed by atoms with van der Waals surface area (Å²) in [5.74, 6) is -0.431. The summed E-state index contributed by atoms with van der Waals surface area (Å²) in [6.45, 7) is 4.18. The molecule has 4 rings (SSSR count). The number of hydrogen-bond acceptors (Lipinski definition) is 2. The van der Waals surface area contributed by atoms with Crippen LogP contribution in [0.3, 0.4) is 0 Å². The predicted octanol–water partition coefficient (Wildman–Crippen LogP) is 5.24. The Labute approximate surface area is 156 Å². The summed E-state index contributed by atoms with van der Waals surface area (Å²) in [7, 11) is 0. The maximum Gasteiger partial charge on any atom is 0.256 e. The lowest BCUT2D eigenvalue weighted by Gasteiger charge is -2.06. The molecular formula is C22H18FN3O. The Morgan fingerprint density at radius 1 is 0.963 bits per heavy atom. The van der Waals surface area contributed by atoms with Crippen LogP contribution in [0.2, 0.25) is 0 Å². The zero-order valence-corrected chi connectivity index (χ0v) is 15.0. The lowest BCUT2D eigenvalue weighted by Crippen LogP contribution is -2.12. The van der Waals surface area contributed by atoms with Gasteiger partial charge in [0.05, 0.1) is 5.52 Å². The number of nitrogens with one attached hydrogen (secondary N) is 2. The van der Waals surface area contributed by atoms with E-state index in [1.165, 1.54) is 29.3 Å². The zero-order valence-electron chi connectivity index (χ0n) is 15.0. The van der Waals surface area contributed by atoms with Crippen LogP contribution >= 0.6 is 0 Å². The minimum absolute atomic E-state index is 0.248. The van der Waals surface area contributed by atoms with Gasteiger partial charge in [0.15, 0.2) is 5.82 Å². The summed E-state index contributed by atoms with van der Waals surface area (Å²) in [6, 6.07) is 17.8. The van der Waals surface area contributed by atoms with Gasteiger partial charge in [-0.3, -0.25) is 9.89 Å². The Bertz CT molecular complexity index is 1160. The van der Waals surface area contributed by atoms with Gasteiger partial charge in [-0.25, -0.2) is 4.39 Å². The van der Waals surface area contributed by atoms with Crippen molar-refractivity contribution in [2.24, 2.45) is 0 Å². The molecule has 0 spiro atoms. The number of rotatable bonds is 3. The number of nitrogens with zero attached hydrogens (tertiary/aromatic N) is 1. The van der Waals surface area contributed by atoms with Crippen LogP contribution in [0, 0.1) is 19.7 Å². The number of hydrogen-bond donors (Lipinski definition) is 2. The largest absolute Gasteiger partial charge is 0.305 e. The van der Waals surface area contributed by atoms with E-state index in [2.05, 4.69) is 47.6 Å². The number of aryl methyl sites for hydroxylation is 2. The first-order chi connectivity index (χ1) is 13.0. The monoisotopic (exact) mass is 359 g/mol. The molecular weight excluding hydrogens is 341 g/mol. The summed E-state index contributed by atoms with van der Waals surface area (Å²) in [5.41, 5.74) is 5.75. The van der Waals surface area contributed by atoms with Crippen LogP contribution in [-0.2, 0) is 0 Å². The Kier molecular flexibility index (Phi) is 4.20. The maximum absolute atomic E-state index is 13.3. The van der Waals surface area contributed by atoms with Crippen LogP contribution in [0.25, 0.3) is 22.0 Å². The van der Waals surface area contributed by atoms with Crippen LogP contribution in [0.15, 0.2) is 60.7 Å². The molecule has 27 heavy (non-hydrogen) atoms. The molecule has 4 aromatic rings. The van der Waals surface area contributed by atoms with Crippen molar-refractivity contribution in [3.05, 3.63) is 83.2 Å². The van der Waals surface area contributed by atoms with Gasteiger partial charge in [0.2, 0.25) is 0 Å². The van der Waals surface area contributed by atoms with Gasteiger partial charge < -0.3 is 5.32 Å². The van der Waals surface area contributed by atoms with Crippen molar-refractivity contribution in [1.82, 2.24) is 10.2 Å². The molecule has 134 valence electrons. The van der Waals surface area contributed by atoms with Crippen LogP contribution in [-0.4, -0.2) is 16.1 Å². The number of aromatic amines is 1. The zero-order chi connectivity index (χ0) is 19.0. The van der Waals surface area contributed by atoms with Crippen molar-refractivity contribution < 1.29 is 9.18 Å². The van der Waals surface area contributed by atoms with Crippen molar-refractivity contribution in [3.8, 4) is 11.1 Å². The highest BCUT2D eigenvalue weighted by molar-refractivity contribution is 6.08. The SMILES string of the molecule is Cc1ccc(-c2ccc3c(NC(=O)c4cccc(F)c4)n[nH]c3c2)cc1C. The van der Waals surface area contributed by atoms with E-state index in [1.54, 1.807) is 6.07 Å². The summed E-state index contributed by atoms with van der Waals surface area (Å²) < 4.78 is 13.3. The Balaban J connectivity index is 1.64. The normalized spacial score (nSPS) is 10.9. The van der Waals surface area contributed by atoms with E-state index in [0.717, 1.165) is 22.0 Å². The average Bonchev–Trinajstić information content (AvgIpc) is 3.06. The van der Waals surface area contributed by atoms with Crippen molar-refractivity contribution in [3.63, 3.8) is 0 Å². The van der Waals surface area contributed by atoms with Gasteiger partial charge >= 0.3 is 0 Å². The quantitative estimate of drug-likeness (QED) is 0.526. The van der Waals surface area contributed by atoms with E-state index in [4.69, 9.17) is 0 Å². The number of H-pyrrole nitrogens is 1. The number of carbonyl (C=O) groups excluding carboxylic acids is 1. The number of benzene rings is 3. The molecule has 1 amide bonds. The molecule has 0 fully saturated rings. The molecule has 0 aliphatic rings. The second-order valence-corrected chi connectivity index (χ2v) is 6.60. The minimum Gasteiger partial charge on any atom is -0.305 e. The summed E-state index contributed by atoms with van der Waals surface area (Å²) in [5, 5.41) is 10.7. The highest BCUT2D eigenvalue weighted by atomic mass is 19.1. The lowest BCUT2D eigenvalue weighted by atomic mass is 10.00. The van der Waals surface area contributed by atoms with E-state index in [9.17, 15) is 9.18 Å². The average molecular weight is 359 g/mol. The number of fused-ring (bicyclic) bond motifs is 1. The van der Waals surface area contributed by atoms with Gasteiger partial charge in [0.25, 0.3) is 5.91 Å². The number of aromatic nitrogens is 2. The van der Waals surface area contributed by atoms with Crippen molar-refractivity contribution in [1.29, 1.82) is 0 Å². The van der Waals surface area contributed by atoms with Gasteiger partial charge in [0, 0.05) is 10.9 Å². The van der Waals surface area contributed by atoms with Gasteiger partial charge in [0.1, 0.15) is 5.82 Å². The van der Waals surface area contributed by atoms with Crippen LogP contribution in [0.4, 0.5) is 10.2 Å². The van der Waals surface area contributed by atoms with E-state index in [0.29, 0.717) is 5.82 Å².